The molecule has 1 fully saturated rings. The Balaban J connectivity index is 2.28. The predicted octanol–water partition coefficient (Wildman–Crippen LogP) is 1.29. The molecule has 0 amide bonds. The zero-order valence-electron chi connectivity index (χ0n) is 12.2. The van der Waals surface area contributed by atoms with Crippen LogP contribution >= 0.6 is 0 Å². The van der Waals surface area contributed by atoms with Crippen LogP contribution in [-0.4, -0.2) is 61.2 Å². The Labute approximate surface area is 112 Å². The first-order valence-electron chi connectivity index (χ1n) is 7.34. The van der Waals surface area contributed by atoms with E-state index in [2.05, 4.69) is 42.0 Å². The fourth-order valence-corrected chi connectivity index (χ4v) is 2.82. The van der Waals surface area contributed by atoms with Crippen molar-refractivity contribution in [1.29, 1.82) is 5.26 Å². The highest BCUT2D eigenvalue weighted by molar-refractivity contribution is 4.91. The number of likely N-dealkylation sites (tertiary alicyclic amines) is 1. The molecular weight excluding hydrogens is 224 g/mol. The Hall–Kier alpha value is -0.630. The number of nitrogens with zero attached hydrogens (tertiary/aromatic N) is 3. The highest BCUT2D eigenvalue weighted by Crippen LogP contribution is 2.15. The van der Waals surface area contributed by atoms with E-state index < -0.39 is 0 Å². The van der Waals surface area contributed by atoms with Crippen LogP contribution in [0.4, 0.5) is 0 Å². The van der Waals surface area contributed by atoms with Crippen LogP contribution in [-0.2, 0) is 0 Å². The van der Waals surface area contributed by atoms with Crippen molar-refractivity contribution in [3.63, 3.8) is 0 Å². The molecule has 0 spiro atoms. The molecule has 0 saturated carbocycles. The van der Waals surface area contributed by atoms with Gasteiger partial charge in [-0.15, -0.1) is 0 Å². The van der Waals surface area contributed by atoms with Crippen LogP contribution in [0.1, 0.15) is 33.6 Å². The van der Waals surface area contributed by atoms with Gasteiger partial charge in [-0.3, -0.25) is 4.90 Å². The number of hydrogen-bond acceptors (Lipinski definition) is 4. The first kappa shape index (κ1) is 15.4. The highest BCUT2D eigenvalue weighted by Gasteiger charge is 2.26. The van der Waals surface area contributed by atoms with Gasteiger partial charge < -0.3 is 10.2 Å². The average molecular weight is 252 g/mol. The number of nitriles is 1. The van der Waals surface area contributed by atoms with Gasteiger partial charge in [-0.25, -0.2) is 0 Å². The summed E-state index contributed by atoms with van der Waals surface area (Å²) in [6.07, 6.45) is 2.22. The Kier molecular flexibility index (Phi) is 7.26. The third-order valence-corrected chi connectivity index (χ3v) is 3.92. The maximum absolute atomic E-state index is 9.01. The molecule has 0 aromatic carbocycles. The summed E-state index contributed by atoms with van der Waals surface area (Å²) in [5.41, 5.74) is 0. The molecule has 0 radical (unpaired) electrons. The molecule has 0 aromatic heterocycles. The zero-order chi connectivity index (χ0) is 13.4. The third-order valence-electron chi connectivity index (χ3n) is 3.92. The Morgan fingerprint density at radius 2 is 2.11 bits per heavy atom. The van der Waals surface area contributed by atoms with Gasteiger partial charge in [0.15, 0.2) is 0 Å². The molecule has 2 unspecified atom stereocenters. The molecule has 18 heavy (non-hydrogen) atoms. The molecular formula is C14H28N4. The molecule has 1 aliphatic heterocycles. The van der Waals surface area contributed by atoms with Crippen LogP contribution in [0.25, 0.3) is 0 Å². The third kappa shape index (κ3) is 4.56. The van der Waals surface area contributed by atoms with Crippen LogP contribution in [0, 0.1) is 11.3 Å². The van der Waals surface area contributed by atoms with Crippen LogP contribution in [0.15, 0.2) is 0 Å². The second-order valence-corrected chi connectivity index (χ2v) is 4.99. The summed E-state index contributed by atoms with van der Waals surface area (Å²) in [4.78, 5) is 5.05. The fourth-order valence-electron chi connectivity index (χ4n) is 2.82. The van der Waals surface area contributed by atoms with Crippen LogP contribution in [0.2, 0.25) is 0 Å². The maximum Gasteiger partial charge on any atom is 0.0965 e. The van der Waals surface area contributed by atoms with Gasteiger partial charge in [-0.1, -0.05) is 20.8 Å². The summed E-state index contributed by atoms with van der Waals surface area (Å²) >= 11 is 0. The Morgan fingerprint density at radius 1 is 1.39 bits per heavy atom. The summed E-state index contributed by atoms with van der Waals surface area (Å²) in [6, 6.07) is 3.07. The van der Waals surface area contributed by atoms with E-state index in [1.807, 2.05) is 0 Å². The molecule has 0 aromatic rings. The van der Waals surface area contributed by atoms with Crippen LogP contribution < -0.4 is 5.32 Å². The quantitative estimate of drug-likeness (QED) is 0.707. The molecule has 2 atom stereocenters. The summed E-state index contributed by atoms with van der Waals surface area (Å²) in [5.74, 6) is 0. The van der Waals surface area contributed by atoms with Crippen molar-refractivity contribution in [2.45, 2.75) is 45.7 Å². The molecule has 1 saturated heterocycles. The van der Waals surface area contributed by atoms with E-state index in [-0.39, 0.29) is 6.04 Å². The lowest BCUT2D eigenvalue weighted by molar-refractivity contribution is 0.209. The van der Waals surface area contributed by atoms with E-state index in [4.69, 9.17) is 5.26 Å². The van der Waals surface area contributed by atoms with Crippen molar-refractivity contribution in [2.75, 3.05) is 39.3 Å². The Bertz CT molecular complexity index is 257. The minimum atomic E-state index is 0.0162. The molecule has 1 rings (SSSR count). The van der Waals surface area contributed by atoms with Gasteiger partial charge in [-0.2, -0.15) is 5.26 Å². The lowest BCUT2D eigenvalue weighted by atomic mass is 10.2. The normalized spacial score (nSPS) is 22.3. The summed E-state index contributed by atoms with van der Waals surface area (Å²) < 4.78 is 0. The first-order valence-corrected chi connectivity index (χ1v) is 7.34. The largest absolute Gasteiger partial charge is 0.302 e. The van der Waals surface area contributed by atoms with Gasteiger partial charge in [0.05, 0.1) is 12.1 Å². The van der Waals surface area contributed by atoms with Crippen molar-refractivity contribution in [3.8, 4) is 6.07 Å². The minimum Gasteiger partial charge on any atom is -0.302 e. The van der Waals surface area contributed by atoms with Gasteiger partial charge in [0, 0.05) is 19.1 Å². The SMILES string of the molecule is CCNC(C#N)CCN1CCC(N(CC)CC)C1. The average Bonchev–Trinajstić information content (AvgIpc) is 2.85. The number of nitrogens with one attached hydrogen (secondary N) is 1. The monoisotopic (exact) mass is 252 g/mol. The van der Waals surface area contributed by atoms with Crippen LogP contribution in [0.5, 0.6) is 0 Å². The number of likely N-dealkylation sites (N-methyl/N-ethyl adjacent to an activating group) is 1. The second-order valence-electron chi connectivity index (χ2n) is 4.99. The van der Waals surface area contributed by atoms with E-state index >= 15 is 0 Å². The molecule has 0 aliphatic carbocycles. The lowest BCUT2D eigenvalue weighted by Gasteiger charge is -2.26. The van der Waals surface area contributed by atoms with E-state index in [1.54, 1.807) is 0 Å². The molecule has 1 heterocycles. The smallest absolute Gasteiger partial charge is 0.0965 e. The Morgan fingerprint density at radius 3 is 2.67 bits per heavy atom. The predicted molar refractivity (Wildman–Crippen MR) is 75.5 cm³/mol. The summed E-state index contributed by atoms with van der Waals surface area (Å²) in [7, 11) is 0. The van der Waals surface area contributed by atoms with Crippen molar-refractivity contribution in [3.05, 3.63) is 0 Å². The zero-order valence-corrected chi connectivity index (χ0v) is 12.2. The van der Waals surface area contributed by atoms with Crippen molar-refractivity contribution in [2.24, 2.45) is 0 Å². The first-order chi connectivity index (χ1) is 8.74. The van der Waals surface area contributed by atoms with Gasteiger partial charge in [0.1, 0.15) is 0 Å². The van der Waals surface area contributed by atoms with Crippen LogP contribution in [0.3, 0.4) is 0 Å². The molecule has 104 valence electrons. The highest BCUT2D eigenvalue weighted by atomic mass is 15.2. The molecule has 0 bridgehead atoms. The van der Waals surface area contributed by atoms with Crippen molar-refractivity contribution in [1.82, 2.24) is 15.1 Å². The molecule has 1 N–H and O–H groups in total. The van der Waals surface area contributed by atoms with Crippen molar-refractivity contribution >= 4 is 0 Å². The van der Waals surface area contributed by atoms with E-state index in [0.717, 1.165) is 38.6 Å². The van der Waals surface area contributed by atoms with Gasteiger partial charge >= 0.3 is 0 Å². The molecule has 4 heteroatoms. The van der Waals surface area contributed by atoms with Crippen molar-refractivity contribution < 1.29 is 0 Å². The molecule has 1 aliphatic rings. The summed E-state index contributed by atoms with van der Waals surface area (Å²) in [5, 5.41) is 12.2. The maximum atomic E-state index is 9.01. The van der Waals surface area contributed by atoms with E-state index in [1.165, 1.54) is 19.5 Å². The minimum absolute atomic E-state index is 0.0162. The lowest BCUT2D eigenvalue weighted by Crippen LogP contribution is -2.38. The molecule has 4 nitrogen and oxygen atoms in total. The van der Waals surface area contributed by atoms with Gasteiger partial charge in [0.25, 0.3) is 0 Å². The van der Waals surface area contributed by atoms with E-state index in [9.17, 15) is 0 Å². The fraction of sp³-hybridized carbons (Fsp3) is 0.929. The van der Waals surface area contributed by atoms with Gasteiger partial charge in [-0.05, 0) is 39.0 Å². The summed E-state index contributed by atoms with van der Waals surface area (Å²) in [6.45, 7) is 13.1. The number of hydrogen-bond donors (Lipinski definition) is 1. The number of rotatable bonds is 8. The van der Waals surface area contributed by atoms with E-state index in [0.29, 0.717) is 0 Å². The van der Waals surface area contributed by atoms with Gasteiger partial charge in [0.2, 0.25) is 0 Å². The topological polar surface area (TPSA) is 42.3 Å². The standard InChI is InChI=1S/C14H28N4/c1-4-16-13(11-15)7-9-17-10-8-14(12-17)18(5-2)6-3/h13-14,16H,4-10,12H2,1-3H3. The second kappa shape index (κ2) is 8.47.